The molecule has 0 aliphatic carbocycles. The minimum absolute atomic E-state index is 1.19. The summed E-state index contributed by atoms with van der Waals surface area (Å²) in [4.78, 5) is 0. The molecule has 68 valence electrons. The van der Waals surface area contributed by atoms with Gasteiger partial charge in [0.05, 0.1) is 6.21 Å². The van der Waals surface area contributed by atoms with E-state index in [-0.39, 0.29) is 0 Å². The van der Waals surface area contributed by atoms with Gasteiger partial charge in [-0.2, -0.15) is 0 Å². The molecule has 0 saturated heterocycles. The van der Waals surface area contributed by atoms with Crippen molar-refractivity contribution in [1.82, 2.24) is 0 Å². The Morgan fingerprint density at radius 1 is 1.00 bits per heavy atom. The van der Waals surface area contributed by atoms with Crippen LogP contribution >= 0.6 is 0 Å². The zero-order chi connectivity index (χ0) is 9.83. The normalized spacial score (nSPS) is 12.8. The summed E-state index contributed by atoms with van der Waals surface area (Å²) in [5, 5.41) is 0. The fourth-order valence-electron chi connectivity index (χ4n) is 0.475. The van der Waals surface area contributed by atoms with Gasteiger partial charge in [0.2, 0.25) is 0 Å². The molecule has 0 heterocycles. The lowest BCUT2D eigenvalue weighted by Crippen LogP contribution is -2.17. The number of hydrogen-bond donors (Lipinski definition) is 0. The lowest BCUT2D eigenvalue weighted by molar-refractivity contribution is 1.58. The molecule has 0 rings (SSSR count). The van der Waals surface area contributed by atoms with Crippen molar-refractivity contribution in [2.75, 3.05) is 0 Å². The predicted octanol–water partition coefficient (Wildman–Crippen LogP) is 2.77. The van der Waals surface area contributed by atoms with Gasteiger partial charge in [-0.3, -0.25) is 0 Å². The Bertz CT molecular complexity index is 220. The van der Waals surface area contributed by atoms with Crippen molar-refractivity contribution in [3.63, 3.8) is 0 Å². The first-order valence-corrected chi connectivity index (χ1v) is 11.2. The van der Waals surface area contributed by atoms with E-state index >= 15 is 0 Å². The van der Waals surface area contributed by atoms with E-state index in [1.807, 2.05) is 0 Å². The third-order valence-electron chi connectivity index (χ3n) is 0.964. The van der Waals surface area contributed by atoms with E-state index in [1.165, 1.54) is 0 Å². The zero-order valence-corrected chi connectivity index (χ0v) is 11.0. The Hall–Kier alpha value is -0.336. The first-order chi connectivity index (χ1) is 5.21. The van der Waals surface area contributed by atoms with Crippen LogP contribution in [0.15, 0.2) is 4.66 Å². The van der Waals surface area contributed by atoms with E-state index in [4.69, 9.17) is 0 Å². The van der Waals surface area contributed by atoms with Gasteiger partial charge in [-0.1, -0.05) is 25.6 Å². The molecular formula is C9H19NSi2. The summed E-state index contributed by atoms with van der Waals surface area (Å²) < 4.78 is 4.42. The molecule has 0 spiro atoms. The highest BCUT2D eigenvalue weighted by atomic mass is 28.3. The monoisotopic (exact) mass is 197 g/mol. The van der Waals surface area contributed by atoms with Crippen molar-refractivity contribution < 1.29 is 0 Å². The molecule has 0 fully saturated rings. The molecule has 0 aromatic carbocycles. The van der Waals surface area contributed by atoms with Crippen LogP contribution in [0.25, 0.3) is 0 Å². The lowest BCUT2D eigenvalue weighted by atomic mass is 10.8. The lowest BCUT2D eigenvalue weighted by Gasteiger charge is -2.06. The topological polar surface area (TPSA) is 12.4 Å². The molecule has 0 atom stereocenters. The third kappa shape index (κ3) is 9.66. The zero-order valence-electron chi connectivity index (χ0n) is 9.02. The fraction of sp³-hybridized carbons (Fsp3) is 0.667. The Balaban J connectivity index is 4.13. The van der Waals surface area contributed by atoms with Gasteiger partial charge in [0.25, 0.3) is 0 Å². The summed E-state index contributed by atoms with van der Waals surface area (Å²) in [5.41, 5.74) is 3.26. The van der Waals surface area contributed by atoms with Gasteiger partial charge < -0.3 is 4.66 Å². The summed E-state index contributed by atoms with van der Waals surface area (Å²) in [5.74, 6) is 3.04. The smallest absolute Gasteiger partial charge is 0.173 e. The Labute approximate surface area is 78.4 Å². The van der Waals surface area contributed by atoms with E-state index in [9.17, 15) is 0 Å². The average Bonchev–Trinajstić information content (AvgIpc) is 1.76. The quantitative estimate of drug-likeness (QED) is 0.348. The van der Waals surface area contributed by atoms with E-state index in [2.05, 4.69) is 55.4 Å². The van der Waals surface area contributed by atoms with Crippen LogP contribution in [0.4, 0.5) is 0 Å². The standard InChI is InChI=1S/C9H19NSi2/c1-11(2,3)9-7-8-10-12(4,5)6/h8H,1-6H3/b10-8-. The van der Waals surface area contributed by atoms with Crippen molar-refractivity contribution in [3.8, 4) is 11.5 Å². The largest absolute Gasteiger partial charge is 0.321 e. The first-order valence-electron chi connectivity index (χ1n) is 4.27. The molecule has 0 bridgehead atoms. The molecule has 0 aromatic heterocycles. The van der Waals surface area contributed by atoms with E-state index in [0.717, 1.165) is 0 Å². The highest BCUT2D eigenvalue weighted by Gasteiger charge is 2.09. The molecule has 0 aliphatic heterocycles. The average molecular weight is 197 g/mol. The molecule has 0 saturated carbocycles. The summed E-state index contributed by atoms with van der Waals surface area (Å²) in [6.45, 7) is 13.3. The molecule has 12 heavy (non-hydrogen) atoms. The second kappa shape index (κ2) is 4.06. The predicted molar refractivity (Wildman–Crippen MR) is 63.0 cm³/mol. The van der Waals surface area contributed by atoms with Crippen LogP contribution in [0.1, 0.15) is 0 Å². The molecule has 0 aromatic rings. The van der Waals surface area contributed by atoms with Crippen LogP contribution in [0, 0.1) is 11.5 Å². The molecule has 3 heteroatoms. The van der Waals surface area contributed by atoms with Crippen molar-refractivity contribution in [3.05, 3.63) is 0 Å². The highest BCUT2D eigenvalue weighted by Crippen LogP contribution is 1.99. The van der Waals surface area contributed by atoms with Crippen molar-refractivity contribution in [2.24, 2.45) is 4.66 Å². The van der Waals surface area contributed by atoms with Gasteiger partial charge in [0.1, 0.15) is 8.07 Å². The van der Waals surface area contributed by atoms with Gasteiger partial charge >= 0.3 is 0 Å². The minimum Gasteiger partial charge on any atom is -0.321 e. The Morgan fingerprint density at radius 3 is 1.83 bits per heavy atom. The van der Waals surface area contributed by atoms with Crippen molar-refractivity contribution >= 4 is 22.5 Å². The number of hydrogen-bond acceptors (Lipinski definition) is 1. The Kier molecular flexibility index (Phi) is 3.95. The third-order valence-corrected chi connectivity index (χ3v) is 2.76. The maximum Gasteiger partial charge on any atom is 0.173 e. The maximum absolute atomic E-state index is 4.42. The van der Waals surface area contributed by atoms with Gasteiger partial charge in [0, 0.05) is 0 Å². The molecule has 0 aliphatic rings. The number of rotatable bonds is 1. The van der Waals surface area contributed by atoms with Crippen molar-refractivity contribution in [1.29, 1.82) is 0 Å². The van der Waals surface area contributed by atoms with Crippen LogP contribution in [0.2, 0.25) is 39.3 Å². The van der Waals surface area contributed by atoms with Gasteiger partial charge in [-0.15, -0.1) is 5.54 Å². The summed E-state index contributed by atoms with van der Waals surface area (Å²) >= 11 is 0. The van der Waals surface area contributed by atoms with E-state index < -0.39 is 16.3 Å². The second-order valence-corrected chi connectivity index (χ2v) is 14.3. The van der Waals surface area contributed by atoms with Crippen LogP contribution in [0.3, 0.4) is 0 Å². The van der Waals surface area contributed by atoms with E-state index in [1.54, 1.807) is 6.21 Å². The molecule has 0 radical (unpaired) electrons. The molecule has 1 nitrogen and oxygen atoms in total. The minimum atomic E-state index is -1.27. The van der Waals surface area contributed by atoms with Gasteiger partial charge in [-0.05, 0) is 19.6 Å². The second-order valence-electron chi connectivity index (χ2n) is 4.95. The fourth-order valence-corrected chi connectivity index (χ4v) is 1.42. The van der Waals surface area contributed by atoms with Crippen LogP contribution in [0.5, 0.6) is 0 Å². The molecular weight excluding hydrogens is 178 g/mol. The van der Waals surface area contributed by atoms with Crippen LogP contribution in [-0.4, -0.2) is 22.5 Å². The van der Waals surface area contributed by atoms with E-state index in [0.29, 0.717) is 0 Å². The highest BCUT2D eigenvalue weighted by molar-refractivity contribution is 6.84. The summed E-state index contributed by atoms with van der Waals surface area (Å²) in [6.07, 6.45) is 1.80. The van der Waals surface area contributed by atoms with Gasteiger partial charge in [-0.25, -0.2) is 0 Å². The molecule has 0 amide bonds. The number of nitrogens with zero attached hydrogens (tertiary/aromatic N) is 1. The van der Waals surface area contributed by atoms with Crippen LogP contribution < -0.4 is 0 Å². The molecule has 0 N–H and O–H groups in total. The summed E-state index contributed by atoms with van der Waals surface area (Å²) in [6, 6.07) is 0. The first kappa shape index (κ1) is 11.7. The van der Waals surface area contributed by atoms with Crippen LogP contribution in [-0.2, 0) is 0 Å². The maximum atomic E-state index is 4.42. The molecule has 0 unspecified atom stereocenters. The SMILES string of the molecule is C[Si](C)(C)C#C/C=N\[Si](C)(C)C. The van der Waals surface area contributed by atoms with Gasteiger partial charge in [0.15, 0.2) is 8.24 Å². The Morgan fingerprint density at radius 2 is 1.50 bits per heavy atom. The summed E-state index contributed by atoms with van der Waals surface area (Å²) in [7, 11) is -2.46. The van der Waals surface area contributed by atoms with Crippen molar-refractivity contribution in [2.45, 2.75) is 39.3 Å².